The Kier molecular flexibility index (Phi) is 4.33. The Hall–Kier alpha value is -0.000000000000000111. The van der Waals surface area contributed by atoms with E-state index in [0.29, 0.717) is 5.02 Å². The van der Waals surface area contributed by atoms with Crippen molar-refractivity contribution < 1.29 is 0 Å². The minimum Gasteiger partial charge on any atom is -0.275 e. The molecule has 0 N–H and O–H groups in total. The van der Waals surface area contributed by atoms with Crippen LogP contribution in [0.5, 0.6) is 0 Å². The van der Waals surface area contributed by atoms with Crippen molar-refractivity contribution >= 4 is 55.6 Å². The number of halogens is 2. The summed E-state index contributed by atoms with van der Waals surface area (Å²) in [5.41, 5.74) is 1.05. The molecule has 2 aromatic rings. The lowest BCUT2D eigenvalue weighted by Crippen LogP contribution is -1.87. The SMILES string of the molecule is O=c1ssc(SCc2ccccc2Cl)c1Cl. The Morgan fingerprint density at radius 1 is 1.19 bits per heavy atom. The van der Waals surface area contributed by atoms with Gasteiger partial charge in [-0.1, -0.05) is 51.7 Å². The van der Waals surface area contributed by atoms with Crippen molar-refractivity contribution in [1.29, 1.82) is 0 Å². The van der Waals surface area contributed by atoms with Crippen LogP contribution in [0, 0.1) is 0 Å². The second-order valence-electron chi connectivity index (χ2n) is 2.94. The van der Waals surface area contributed by atoms with E-state index < -0.39 is 0 Å². The van der Waals surface area contributed by atoms with Gasteiger partial charge in [-0.2, -0.15) is 0 Å². The summed E-state index contributed by atoms with van der Waals surface area (Å²) in [6, 6.07) is 7.67. The molecule has 1 aromatic carbocycles. The Morgan fingerprint density at radius 2 is 1.94 bits per heavy atom. The third-order valence-corrected chi connectivity index (χ3v) is 6.77. The molecule has 84 valence electrons. The third-order valence-electron chi connectivity index (χ3n) is 1.87. The molecule has 1 aromatic heterocycles. The summed E-state index contributed by atoms with van der Waals surface area (Å²) in [5, 5.41) is 1.08. The van der Waals surface area contributed by atoms with Crippen LogP contribution in [0.3, 0.4) is 0 Å². The number of benzene rings is 1. The minimum absolute atomic E-state index is 0.0617. The fourth-order valence-corrected chi connectivity index (χ4v) is 5.47. The maximum absolute atomic E-state index is 11.2. The highest BCUT2D eigenvalue weighted by Crippen LogP contribution is 2.35. The van der Waals surface area contributed by atoms with Gasteiger partial charge in [-0.25, -0.2) is 0 Å². The molecule has 0 aliphatic heterocycles. The zero-order valence-electron chi connectivity index (χ0n) is 7.91. The summed E-state index contributed by atoms with van der Waals surface area (Å²) in [5.74, 6) is 0.728. The van der Waals surface area contributed by atoms with Gasteiger partial charge in [-0.15, -0.1) is 11.8 Å². The lowest BCUT2D eigenvalue weighted by atomic mass is 10.2. The molecule has 1 heterocycles. The average molecular weight is 309 g/mol. The van der Waals surface area contributed by atoms with Crippen molar-refractivity contribution in [3.63, 3.8) is 0 Å². The van der Waals surface area contributed by atoms with Crippen molar-refractivity contribution in [2.75, 3.05) is 0 Å². The molecule has 0 atom stereocenters. The molecule has 0 radical (unpaired) electrons. The first-order valence-electron chi connectivity index (χ1n) is 4.33. The van der Waals surface area contributed by atoms with Gasteiger partial charge in [-0.05, 0) is 22.0 Å². The van der Waals surface area contributed by atoms with E-state index in [0.717, 1.165) is 20.5 Å². The van der Waals surface area contributed by atoms with Gasteiger partial charge in [0.15, 0.2) is 0 Å². The maximum atomic E-state index is 11.2. The fraction of sp³-hybridized carbons (Fsp3) is 0.100. The summed E-state index contributed by atoms with van der Waals surface area (Å²) in [7, 11) is 2.59. The monoisotopic (exact) mass is 308 g/mol. The van der Waals surface area contributed by atoms with Crippen molar-refractivity contribution in [2.45, 2.75) is 9.96 Å². The van der Waals surface area contributed by atoms with Crippen LogP contribution in [0.4, 0.5) is 0 Å². The smallest absolute Gasteiger partial charge is 0.262 e. The maximum Gasteiger partial charge on any atom is 0.262 e. The largest absolute Gasteiger partial charge is 0.275 e. The molecule has 6 heteroatoms. The standard InChI is InChI=1S/C10H6Cl2OS3/c11-7-4-2-1-3-6(7)5-14-10-8(12)9(13)15-16-10/h1-4H,5H2. The number of rotatable bonds is 3. The normalized spacial score (nSPS) is 10.6. The van der Waals surface area contributed by atoms with Crippen molar-refractivity contribution in [2.24, 2.45) is 0 Å². The quantitative estimate of drug-likeness (QED) is 0.600. The molecule has 0 fully saturated rings. The van der Waals surface area contributed by atoms with Gasteiger partial charge < -0.3 is 0 Å². The molecule has 2 rings (SSSR count). The van der Waals surface area contributed by atoms with Crippen LogP contribution in [0.15, 0.2) is 33.3 Å². The Labute approximate surface area is 114 Å². The summed E-state index contributed by atoms with van der Waals surface area (Å²) in [4.78, 5) is 11.2. The predicted octanol–water partition coefficient (Wildman–Crippen LogP) is 4.77. The van der Waals surface area contributed by atoms with E-state index >= 15 is 0 Å². The molecular weight excluding hydrogens is 303 g/mol. The van der Waals surface area contributed by atoms with Crippen molar-refractivity contribution in [3.05, 3.63) is 49.4 Å². The highest BCUT2D eigenvalue weighted by Gasteiger charge is 2.09. The van der Waals surface area contributed by atoms with Gasteiger partial charge in [0, 0.05) is 10.8 Å². The van der Waals surface area contributed by atoms with Gasteiger partial charge in [0.05, 0.1) is 4.21 Å². The zero-order chi connectivity index (χ0) is 11.5. The molecule has 0 saturated heterocycles. The molecule has 0 aliphatic rings. The summed E-state index contributed by atoms with van der Waals surface area (Å²) in [6.07, 6.45) is 0. The van der Waals surface area contributed by atoms with Crippen LogP contribution in [-0.4, -0.2) is 0 Å². The van der Waals surface area contributed by atoms with E-state index in [1.54, 1.807) is 11.8 Å². The topological polar surface area (TPSA) is 17.1 Å². The van der Waals surface area contributed by atoms with E-state index in [4.69, 9.17) is 23.2 Å². The van der Waals surface area contributed by atoms with Crippen LogP contribution in [0.1, 0.15) is 5.56 Å². The molecule has 0 aliphatic carbocycles. The van der Waals surface area contributed by atoms with Gasteiger partial charge in [0.1, 0.15) is 5.02 Å². The average Bonchev–Trinajstić information content (AvgIpc) is 2.59. The Morgan fingerprint density at radius 3 is 2.56 bits per heavy atom. The van der Waals surface area contributed by atoms with E-state index in [1.165, 1.54) is 20.7 Å². The van der Waals surface area contributed by atoms with Gasteiger partial charge in [-0.3, -0.25) is 4.79 Å². The molecule has 16 heavy (non-hydrogen) atoms. The summed E-state index contributed by atoms with van der Waals surface area (Å²) >= 11 is 13.5. The van der Waals surface area contributed by atoms with Gasteiger partial charge in [0.25, 0.3) is 4.74 Å². The van der Waals surface area contributed by atoms with Crippen molar-refractivity contribution in [3.8, 4) is 0 Å². The molecule has 0 amide bonds. The molecule has 1 nitrogen and oxygen atoms in total. The summed E-state index contributed by atoms with van der Waals surface area (Å²) < 4.78 is 0.810. The zero-order valence-corrected chi connectivity index (χ0v) is 11.9. The minimum atomic E-state index is -0.0617. The second-order valence-corrected chi connectivity index (χ2v) is 7.08. The van der Waals surface area contributed by atoms with Crippen LogP contribution in [0.25, 0.3) is 0 Å². The van der Waals surface area contributed by atoms with Gasteiger partial charge >= 0.3 is 0 Å². The highest BCUT2D eigenvalue weighted by molar-refractivity contribution is 8.02. The van der Waals surface area contributed by atoms with Crippen LogP contribution in [0.2, 0.25) is 10.0 Å². The third kappa shape index (κ3) is 2.81. The van der Waals surface area contributed by atoms with Gasteiger partial charge in [0.2, 0.25) is 0 Å². The first-order chi connectivity index (χ1) is 7.68. The number of hydrogen-bond donors (Lipinski definition) is 0. The highest BCUT2D eigenvalue weighted by atomic mass is 35.5. The van der Waals surface area contributed by atoms with Crippen LogP contribution in [-0.2, 0) is 5.75 Å². The number of hydrogen-bond acceptors (Lipinski definition) is 4. The second kappa shape index (κ2) is 5.56. The lowest BCUT2D eigenvalue weighted by Gasteiger charge is -2.01. The van der Waals surface area contributed by atoms with Crippen LogP contribution >= 0.6 is 55.6 Å². The predicted molar refractivity (Wildman–Crippen MR) is 74.5 cm³/mol. The summed E-state index contributed by atoms with van der Waals surface area (Å²) in [6.45, 7) is 0. The number of thioether (sulfide) groups is 1. The van der Waals surface area contributed by atoms with E-state index in [-0.39, 0.29) is 4.74 Å². The fourth-order valence-electron chi connectivity index (χ4n) is 1.08. The molecular formula is C10H6Cl2OS3. The van der Waals surface area contributed by atoms with Crippen molar-refractivity contribution in [1.82, 2.24) is 0 Å². The first-order valence-corrected chi connectivity index (χ1v) is 8.22. The Bertz CT molecular complexity index is 547. The van der Waals surface area contributed by atoms with E-state index in [2.05, 4.69) is 0 Å². The molecule has 0 unspecified atom stereocenters. The lowest BCUT2D eigenvalue weighted by molar-refractivity contribution is 1.41. The molecule has 0 bridgehead atoms. The van der Waals surface area contributed by atoms with Crippen LogP contribution < -0.4 is 4.74 Å². The van der Waals surface area contributed by atoms with E-state index in [9.17, 15) is 4.79 Å². The Balaban J connectivity index is 2.11. The van der Waals surface area contributed by atoms with E-state index in [1.807, 2.05) is 24.3 Å². The molecule has 0 spiro atoms. The first kappa shape index (κ1) is 12.5. The molecule has 0 saturated carbocycles.